The molecule has 0 fully saturated rings. The first-order chi connectivity index (χ1) is 9.00. The van der Waals surface area contributed by atoms with Gasteiger partial charge in [-0.05, 0) is 24.3 Å². The fraction of sp³-hybridized carbons (Fsp3) is 0.154. The fourth-order valence-electron chi connectivity index (χ4n) is 1.70. The third kappa shape index (κ3) is 2.47. The lowest BCUT2D eigenvalue weighted by Gasteiger charge is -2.18. The largest absolute Gasteiger partial charge is 0.384 e. The standard InChI is InChI=1S/C13H15N5O/c1-17-8-7-16-12(13(17)19)18(2)10-5-3-9(4-6-10)11(14)15/h3-8H,1-2H3,(H3,14,15). The van der Waals surface area contributed by atoms with Crippen molar-refractivity contribution in [2.45, 2.75) is 0 Å². The van der Waals surface area contributed by atoms with Crippen LogP contribution in [0.15, 0.2) is 41.5 Å². The van der Waals surface area contributed by atoms with Crippen LogP contribution in [0.25, 0.3) is 0 Å². The summed E-state index contributed by atoms with van der Waals surface area (Å²) in [5.74, 6) is 0.364. The van der Waals surface area contributed by atoms with Crippen LogP contribution >= 0.6 is 0 Å². The molecule has 0 saturated heterocycles. The number of hydrogen-bond acceptors (Lipinski definition) is 4. The van der Waals surface area contributed by atoms with Gasteiger partial charge in [-0.15, -0.1) is 0 Å². The highest BCUT2D eigenvalue weighted by atomic mass is 16.1. The smallest absolute Gasteiger partial charge is 0.293 e. The summed E-state index contributed by atoms with van der Waals surface area (Å²) in [5, 5.41) is 7.34. The van der Waals surface area contributed by atoms with Crippen molar-refractivity contribution in [1.82, 2.24) is 9.55 Å². The van der Waals surface area contributed by atoms with E-state index in [4.69, 9.17) is 11.1 Å². The zero-order valence-corrected chi connectivity index (χ0v) is 10.8. The highest BCUT2D eigenvalue weighted by molar-refractivity contribution is 5.95. The summed E-state index contributed by atoms with van der Waals surface area (Å²) < 4.78 is 1.47. The molecular weight excluding hydrogens is 242 g/mol. The molecule has 2 rings (SSSR count). The van der Waals surface area contributed by atoms with Gasteiger partial charge in [-0.1, -0.05) is 0 Å². The van der Waals surface area contributed by atoms with Crippen LogP contribution in [0.2, 0.25) is 0 Å². The average molecular weight is 257 g/mol. The summed E-state index contributed by atoms with van der Waals surface area (Å²) in [7, 11) is 3.45. The lowest BCUT2D eigenvalue weighted by molar-refractivity contribution is 0.833. The second-order valence-corrected chi connectivity index (χ2v) is 4.19. The van der Waals surface area contributed by atoms with E-state index in [0.29, 0.717) is 11.4 Å². The number of nitrogens with one attached hydrogen (secondary N) is 1. The maximum absolute atomic E-state index is 12.0. The van der Waals surface area contributed by atoms with Gasteiger partial charge in [0.15, 0.2) is 5.82 Å². The molecule has 98 valence electrons. The van der Waals surface area contributed by atoms with Crippen molar-refractivity contribution in [3.05, 3.63) is 52.6 Å². The number of rotatable bonds is 3. The maximum atomic E-state index is 12.0. The molecule has 6 heteroatoms. The van der Waals surface area contributed by atoms with E-state index < -0.39 is 0 Å². The lowest BCUT2D eigenvalue weighted by Crippen LogP contribution is -2.26. The summed E-state index contributed by atoms with van der Waals surface area (Å²) in [5.41, 5.74) is 6.68. The molecule has 0 saturated carbocycles. The van der Waals surface area contributed by atoms with Gasteiger partial charge in [-0.3, -0.25) is 10.2 Å². The number of anilines is 2. The van der Waals surface area contributed by atoms with Crippen molar-refractivity contribution in [1.29, 1.82) is 5.41 Å². The van der Waals surface area contributed by atoms with E-state index in [9.17, 15) is 4.79 Å². The van der Waals surface area contributed by atoms with Crippen LogP contribution in [0.3, 0.4) is 0 Å². The Morgan fingerprint density at radius 1 is 1.37 bits per heavy atom. The molecule has 1 heterocycles. The number of nitrogens with two attached hydrogens (primary N) is 1. The first-order valence-electron chi connectivity index (χ1n) is 5.70. The van der Waals surface area contributed by atoms with Crippen molar-refractivity contribution in [2.24, 2.45) is 12.8 Å². The van der Waals surface area contributed by atoms with Crippen LogP contribution in [0.5, 0.6) is 0 Å². The van der Waals surface area contributed by atoms with Gasteiger partial charge in [0, 0.05) is 37.7 Å². The Balaban J connectivity index is 2.39. The Bertz CT molecular complexity index is 659. The van der Waals surface area contributed by atoms with E-state index in [1.807, 2.05) is 0 Å². The minimum Gasteiger partial charge on any atom is -0.384 e. The molecule has 0 aliphatic carbocycles. The second kappa shape index (κ2) is 4.93. The highest BCUT2D eigenvalue weighted by Gasteiger charge is 2.10. The number of nitrogens with zero attached hydrogens (tertiary/aromatic N) is 3. The molecule has 3 N–H and O–H groups in total. The molecule has 0 atom stereocenters. The maximum Gasteiger partial charge on any atom is 0.293 e. The molecule has 0 bridgehead atoms. The molecule has 19 heavy (non-hydrogen) atoms. The van der Waals surface area contributed by atoms with Gasteiger partial charge in [-0.2, -0.15) is 0 Å². The third-order valence-corrected chi connectivity index (χ3v) is 2.88. The van der Waals surface area contributed by atoms with Crippen molar-refractivity contribution >= 4 is 17.3 Å². The topological polar surface area (TPSA) is 88.0 Å². The summed E-state index contributed by atoms with van der Waals surface area (Å²) in [6.45, 7) is 0. The molecule has 6 nitrogen and oxygen atoms in total. The summed E-state index contributed by atoms with van der Waals surface area (Å²) in [4.78, 5) is 17.8. The van der Waals surface area contributed by atoms with Gasteiger partial charge in [0.2, 0.25) is 0 Å². The molecule has 0 amide bonds. The van der Waals surface area contributed by atoms with Crippen LogP contribution < -0.4 is 16.2 Å². The number of hydrogen-bond donors (Lipinski definition) is 2. The van der Waals surface area contributed by atoms with Gasteiger partial charge in [-0.25, -0.2) is 4.98 Å². The zero-order chi connectivity index (χ0) is 14.0. The molecule has 0 unspecified atom stereocenters. The van der Waals surface area contributed by atoms with E-state index in [0.717, 1.165) is 5.69 Å². The Hall–Kier alpha value is -2.63. The van der Waals surface area contributed by atoms with Crippen molar-refractivity contribution in [3.8, 4) is 0 Å². The van der Waals surface area contributed by atoms with E-state index >= 15 is 0 Å². The number of aryl methyl sites for hydroxylation is 1. The molecule has 0 radical (unpaired) electrons. The lowest BCUT2D eigenvalue weighted by atomic mass is 10.2. The van der Waals surface area contributed by atoms with Crippen molar-refractivity contribution in [2.75, 3.05) is 11.9 Å². The number of amidine groups is 1. The Morgan fingerprint density at radius 3 is 2.58 bits per heavy atom. The Labute approximate surface area is 110 Å². The zero-order valence-electron chi connectivity index (χ0n) is 10.8. The van der Waals surface area contributed by atoms with Crippen molar-refractivity contribution < 1.29 is 0 Å². The molecule has 1 aromatic carbocycles. The number of aromatic nitrogens is 2. The van der Waals surface area contributed by atoms with Crippen LogP contribution in [0.1, 0.15) is 5.56 Å². The fourth-order valence-corrected chi connectivity index (χ4v) is 1.70. The van der Waals surface area contributed by atoms with Gasteiger partial charge in [0.1, 0.15) is 5.84 Å². The minimum atomic E-state index is -0.166. The van der Waals surface area contributed by atoms with Crippen LogP contribution in [-0.2, 0) is 7.05 Å². The van der Waals surface area contributed by atoms with E-state index in [-0.39, 0.29) is 11.4 Å². The quantitative estimate of drug-likeness (QED) is 0.629. The SMILES string of the molecule is CN(c1ccc(C(=N)N)cc1)c1nccn(C)c1=O. The monoisotopic (exact) mass is 257 g/mol. The highest BCUT2D eigenvalue weighted by Crippen LogP contribution is 2.18. The summed E-state index contributed by atoms with van der Waals surface area (Å²) in [6, 6.07) is 7.07. The van der Waals surface area contributed by atoms with Gasteiger partial charge < -0.3 is 15.2 Å². The Morgan fingerprint density at radius 2 is 2.00 bits per heavy atom. The van der Waals surface area contributed by atoms with Gasteiger partial charge in [0.25, 0.3) is 5.56 Å². The predicted octanol–water partition coefficient (Wildman–Crippen LogP) is 0.832. The molecular formula is C13H15N5O. The molecule has 0 spiro atoms. The predicted molar refractivity (Wildman–Crippen MR) is 75.0 cm³/mol. The number of nitrogen functional groups attached to an aromatic ring is 1. The van der Waals surface area contributed by atoms with Crippen LogP contribution in [0.4, 0.5) is 11.5 Å². The van der Waals surface area contributed by atoms with Gasteiger partial charge >= 0.3 is 0 Å². The normalized spacial score (nSPS) is 10.2. The number of benzene rings is 1. The molecule has 1 aromatic heterocycles. The minimum absolute atomic E-state index is 0.0166. The molecule has 0 aliphatic heterocycles. The van der Waals surface area contributed by atoms with Crippen molar-refractivity contribution in [3.63, 3.8) is 0 Å². The second-order valence-electron chi connectivity index (χ2n) is 4.19. The summed E-state index contributed by atoms with van der Waals surface area (Å²) in [6.07, 6.45) is 3.19. The van der Waals surface area contributed by atoms with Crippen LogP contribution in [-0.4, -0.2) is 22.4 Å². The van der Waals surface area contributed by atoms with E-state index in [1.165, 1.54) is 4.57 Å². The first kappa shape index (κ1) is 12.8. The van der Waals surface area contributed by atoms with Crippen LogP contribution in [0, 0.1) is 5.41 Å². The average Bonchev–Trinajstić information content (AvgIpc) is 2.41. The Kier molecular flexibility index (Phi) is 3.33. The summed E-state index contributed by atoms with van der Waals surface area (Å²) >= 11 is 0. The molecule has 2 aromatic rings. The third-order valence-electron chi connectivity index (χ3n) is 2.88. The molecule has 0 aliphatic rings. The first-order valence-corrected chi connectivity index (χ1v) is 5.70. The van der Waals surface area contributed by atoms with Gasteiger partial charge in [0.05, 0.1) is 0 Å². The van der Waals surface area contributed by atoms with E-state index in [1.54, 1.807) is 55.7 Å². The van der Waals surface area contributed by atoms with E-state index in [2.05, 4.69) is 4.98 Å².